The fraction of sp³-hybridized carbons (Fsp3) is 0.250. The smallest absolute Gasteiger partial charge is 0.268 e. The summed E-state index contributed by atoms with van der Waals surface area (Å²) in [5, 5.41) is 10.5. The van der Waals surface area contributed by atoms with Crippen LogP contribution in [0.4, 0.5) is 0 Å². The van der Waals surface area contributed by atoms with Crippen LogP contribution in [0, 0.1) is 0 Å². The molecule has 0 fully saturated rings. The highest BCUT2D eigenvalue weighted by Crippen LogP contribution is 2.37. The molecule has 1 aliphatic carbocycles. The summed E-state index contributed by atoms with van der Waals surface area (Å²) in [5.74, 6) is 1.35. The molecular formula is C20H18N4OS2. The molecule has 4 aromatic rings. The molecule has 0 radical (unpaired) electrons. The summed E-state index contributed by atoms with van der Waals surface area (Å²) < 4.78 is 3.76. The Morgan fingerprint density at radius 2 is 2.07 bits per heavy atom. The summed E-state index contributed by atoms with van der Waals surface area (Å²) in [6.07, 6.45) is 3.15. The molecular weight excluding hydrogens is 376 g/mol. The first kappa shape index (κ1) is 16.8. The molecule has 3 heterocycles. The van der Waals surface area contributed by atoms with Crippen molar-refractivity contribution in [1.82, 2.24) is 19.2 Å². The minimum Gasteiger partial charge on any atom is -0.268 e. The fourth-order valence-corrected chi connectivity index (χ4v) is 5.86. The second-order valence-electron chi connectivity index (χ2n) is 6.88. The van der Waals surface area contributed by atoms with Crippen LogP contribution in [-0.4, -0.2) is 24.9 Å². The number of nitrogens with zero attached hydrogens (tertiary/aromatic N) is 4. The number of benzene rings is 1. The molecule has 0 unspecified atom stereocenters. The number of thioether (sulfide) groups is 1. The van der Waals surface area contributed by atoms with Crippen molar-refractivity contribution in [3.63, 3.8) is 0 Å². The van der Waals surface area contributed by atoms with Gasteiger partial charge in [-0.25, -0.2) is 8.97 Å². The molecule has 5 nitrogen and oxygen atoms in total. The van der Waals surface area contributed by atoms with Crippen LogP contribution in [0.2, 0.25) is 0 Å². The number of para-hydroxylation sites is 1. The maximum absolute atomic E-state index is 13.5. The minimum absolute atomic E-state index is 0.00644. The van der Waals surface area contributed by atoms with Crippen molar-refractivity contribution in [2.75, 3.05) is 5.75 Å². The third-order valence-corrected chi connectivity index (χ3v) is 7.24. The van der Waals surface area contributed by atoms with Gasteiger partial charge in [0.05, 0.1) is 11.1 Å². The quantitative estimate of drug-likeness (QED) is 0.383. The van der Waals surface area contributed by atoms with Crippen LogP contribution < -0.4 is 5.56 Å². The summed E-state index contributed by atoms with van der Waals surface area (Å²) in [4.78, 5) is 15.8. The third-order valence-electron chi connectivity index (χ3n) is 4.80. The molecule has 1 aromatic carbocycles. The van der Waals surface area contributed by atoms with Crippen LogP contribution in [0.1, 0.15) is 23.8 Å². The summed E-state index contributed by atoms with van der Waals surface area (Å²) in [6, 6.07) is 9.70. The molecule has 0 aliphatic heterocycles. The fourth-order valence-electron chi connectivity index (χ4n) is 3.65. The molecule has 0 N–H and O–H groups in total. The van der Waals surface area contributed by atoms with Gasteiger partial charge in [0.15, 0.2) is 5.16 Å². The summed E-state index contributed by atoms with van der Waals surface area (Å²) in [6.45, 7) is 5.99. The Morgan fingerprint density at radius 3 is 2.85 bits per heavy atom. The second kappa shape index (κ2) is 6.35. The third kappa shape index (κ3) is 2.56. The second-order valence-corrected chi connectivity index (χ2v) is 8.90. The van der Waals surface area contributed by atoms with Crippen molar-refractivity contribution in [2.45, 2.75) is 31.3 Å². The number of aromatic nitrogens is 4. The lowest BCUT2D eigenvalue weighted by atomic mass is 10.2. The van der Waals surface area contributed by atoms with Gasteiger partial charge in [0.25, 0.3) is 5.56 Å². The van der Waals surface area contributed by atoms with Crippen LogP contribution in [-0.2, 0) is 12.8 Å². The molecule has 3 aromatic heterocycles. The average Bonchev–Trinajstić information content (AvgIpc) is 3.34. The molecule has 0 saturated carbocycles. The van der Waals surface area contributed by atoms with Gasteiger partial charge in [-0.2, -0.15) is 0 Å². The number of aryl methyl sites for hydroxylation is 2. The summed E-state index contributed by atoms with van der Waals surface area (Å²) in [7, 11) is 0. The van der Waals surface area contributed by atoms with E-state index in [2.05, 4.69) is 21.2 Å². The molecule has 136 valence electrons. The van der Waals surface area contributed by atoms with Gasteiger partial charge in [0.1, 0.15) is 4.83 Å². The Kier molecular flexibility index (Phi) is 3.94. The molecule has 0 spiro atoms. The lowest BCUT2D eigenvalue weighted by Crippen LogP contribution is -2.21. The predicted molar refractivity (Wildman–Crippen MR) is 112 cm³/mol. The van der Waals surface area contributed by atoms with Gasteiger partial charge < -0.3 is 0 Å². The Balaban J connectivity index is 1.89. The van der Waals surface area contributed by atoms with E-state index in [0.29, 0.717) is 5.78 Å². The highest BCUT2D eigenvalue weighted by atomic mass is 32.2. The van der Waals surface area contributed by atoms with E-state index in [1.807, 2.05) is 37.3 Å². The standard InChI is InChI=1S/C20H18N4OS2/c1-12(2)11-26-20-22-21-19-23(13-7-4-3-5-8-13)17(25)16-14-9-6-10-15(14)27-18(16)24(19)20/h3-5,7-8H,1,6,9-11H2,2H3. The van der Waals surface area contributed by atoms with E-state index in [4.69, 9.17) is 0 Å². The number of hydrogen-bond acceptors (Lipinski definition) is 5. The summed E-state index contributed by atoms with van der Waals surface area (Å²) >= 11 is 3.33. The number of rotatable bonds is 4. The normalized spacial score (nSPS) is 13.5. The molecule has 0 saturated heterocycles. The van der Waals surface area contributed by atoms with Crippen molar-refractivity contribution in [3.8, 4) is 5.69 Å². The molecule has 0 atom stereocenters. The Labute approximate surface area is 164 Å². The zero-order chi connectivity index (χ0) is 18.5. The van der Waals surface area contributed by atoms with Gasteiger partial charge in [0.2, 0.25) is 5.78 Å². The summed E-state index contributed by atoms with van der Waals surface area (Å²) in [5.41, 5.74) is 3.12. The van der Waals surface area contributed by atoms with Crippen molar-refractivity contribution < 1.29 is 0 Å². The van der Waals surface area contributed by atoms with Gasteiger partial charge in [-0.05, 0) is 43.9 Å². The molecule has 0 amide bonds. The highest BCUT2D eigenvalue weighted by molar-refractivity contribution is 7.99. The Morgan fingerprint density at radius 1 is 1.26 bits per heavy atom. The first-order valence-corrected chi connectivity index (χ1v) is 10.7. The monoisotopic (exact) mass is 394 g/mol. The molecule has 0 bridgehead atoms. The lowest BCUT2D eigenvalue weighted by molar-refractivity contribution is 0.910. The molecule has 7 heteroatoms. The van der Waals surface area contributed by atoms with E-state index in [9.17, 15) is 4.79 Å². The van der Waals surface area contributed by atoms with E-state index in [0.717, 1.165) is 51.6 Å². The first-order chi connectivity index (χ1) is 13.1. The van der Waals surface area contributed by atoms with Gasteiger partial charge in [-0.3, -0.25) is 4.79 Å². The zero-order valence-corrected chi connectivity index (χ0v) is 16.6. The first-order valence-electron chi connectivity index (χ1n) is 8.92. The lowest BCUT2D eigenvalue weighted by Gasteiger charge is -2.10. The van der Waals surface area contributed by atoms with Crippen LogP contribution in [0.5, 0.6) is 0 Å². The zero-order valence-electron chi connectivity index (χ0n) is 14.9. The van der Waals surface area contributed by atoms with Gasteiger partial charge >= 0.3 is 0 Å². The number of thiophene rings is 1. The largest absolute Gasteiger partial charge is 0.268 e. The van der Waals surface area contributed by atoms with Gasteiger partial charge in [-0.1, -0.05) is 42.1 Å². The maximum atomic E-state index is 13.5. The van der Waals surface area contributed by atoms with E-state index >= 15 is 0 Å². The van der Waals surface area contributed by atoms with Crippen LogP contribution in [0.3, 0.4) is 0 Å². The van der Waals surface area contributed by atoms with E-state index in [-0.39, 0.29) is 5.56 Å². The Hall–Kier alpha value is -2.38. The van der Waals surface area contributed by atoms with E-state index in [1.54, 1.807) is 27.7 Å². The van der Waals surface area contributed by atoms with Gasteiger partial charge in [0, 0.05) is 10.6 Å². The van der Waals surface area contributed by atoms with Crippen LogP contribution >= 0.6 is 23.1 Å². The highest BCUT2D eigenvalue weighted by Gasteiger charge is 2.26. The SMILES string of the molecule is C=C(C)CSc1nnc2n(-c3ccccc3)c(=O)c3c4c(sc3n12)CCC4. The van der Waals surface area contributed by atoms with Crippen LogP contribution in [0.15, 0.2) is 52.4 Å². The van der Waals surface area contributed by atoms with Crippen molar-refractivity contribution in [2.24, 2.45) is 0 Å². The Bertz CT molecular complexity index is 1250. The van der Waals surface area contributed by atoms with Crippen molar-refractivity contribution in [1.29, 1.82) is 0 Å². The topological polar surface area (TPSA) is 52.2 Å². The maximum Gasteiger partial charge on any atom is 0.268 e. The number of hydrogen-bond donors (Lipinski definition) is 0. The van der Waals surface area contributed by atoms with Crippen molar-refractivity contribution >= 4 is 39.1 Å². The minimum atomic E-state index is 0.00644. The van der Waals surface area contributed by atoms with E-state index in [1.165, 1.54) is 10.4 Å². The van der Waals surface area contributed by atoms with E-state index < -0.39 is 0 Å². The number of fused-ring (bicyclic) bond motifs is 5. The van der Waals surface area contributed by atoms with Crippen molar-refractivity contribution in [3.05, 3.63) is 63.3 Å². The average molecular weight is 395 g/mol. The predicted octanol–water partition coefficient (Wildman–Crippen LogP) is 4.25. The molecule has 1 aliphatic rings. The van der Waals surface area contributed by atoms with Gasteiger partial charge in [-0.15, -0.1) is 21.5 Å². The molecule has 27 heavy (non-hydrogen) atoms. The van der Waals surface area contributed by atoms with Crippen LogP contribution in [0.25, 0.3) is 21.7 Å². The molecule has 5 rings (SSSR count).